The van der Waals surface area contributed by atoms with Crippen LogP contribution in [0.25, 0.3) is 10.9 Å². The quantitative estimate of drug-likeness (QED) is 0.654. The van der Waals surface area contributed by atoms with Crippen LogP contribution < -0.4 is 5.32 Å². The molecule has 0 saturated carbocycles. The van der Waals surface area contributed by atoms with E-state index in [-0.39, 0.29) is 19.0 Å². The number of hydrogen-bond acceptors (Lipinski definition) is 3. The lowest BCUT2D eigenvalue weighted by Crippen LogP contribution is -2.31. The first-order chi connectivity index (χ1) is 11.2. The molecule has 1 atom stereocenters. The number of aromatic nitrogens is 1. The van der Waals surface area contributed by atoms with Crippen LogP contribution in [0.1, 0.15) is 30.5 Å². The van der Waals surface area contributed by atoms with Gasteiger partial charge in [-0.05, 0) is 50.3 Å². The summed E-state index contributed by atoms with van der Waals surface area (Å²) in [6.07, 6.45) is 4.83. The average Bonchev–Trinajstić information content (AvgIpc) is 2.87. The number of benzene rings is 1. The van der Waals surface area contributed by atoms with Crippen molar-refractivity contribution < 1.29 is 10.2 Å². The van der Waals surface area contributed by atoms with Gasteiger partial charge in [-0.1, -0.05) is 23.7 Å². The predicted octanol–water partition coefficient (Wildman–Crippen LogP) is 2.93. The molecule has 1 aromatic heterocycles. The first kappa shape index (κ1) is 19.5. The highest BCUT2D eigenvalue weighted by Crippen LogP contribution is 2.35. The van der Waals surface area contributed by atoms with E-state index >= 15 is 0 Å². The Bertz CT molecular complexity index is 673. The van der Waals surface area contributed by atoms with Crippen molar-refractivity contribution in [1.82, 2.24) is 9.88 Å². The van der Waals surface area contributed by atoms with Gasteiger partial charge in [-0.2, -0.15) is 0 Å². The Morgan fingerprint density at radius 1 is 1.25 bits per heavy atom. The van der Waals surface area contributed by atoms with E-state index in [0.29, 0.717) is 19.5 Å². The van der Waals surface area contributed by atoms with E-state index in [0.717, 1.165) is 29.9 Å². The summed E-state index contributed by atoms with van der Waals surface area (Å²) in [5.41, 5.74) is 3.82. The first-order valence-electron chi connectivity index (χ1n) is 8.50. The number of aryl methyl sites for hydroxylation is 1. The Labute approximate surface area is 154 Å². The Kier molecular flexibility index (Phi) is 7.38. The predicted molar refractivity (Wildman–Crippen MR) is 101 cm³/mol. The van der Waals surface area contributed by atoms with E-state index < -0.39 is 6.10 Å². The van der Waals surface area contributed by atoms with Crippen molar-refractivity contribution in [2.75, 3.05) is 19.7 Å². The number of aliphatic hydroxyl groups is 2. The highest BCUT2D eigenvalue weighted by molar-refractivity contribution is 6.35. The molecule has 1 aliphatic carbocycles. The van der Waals surface area contributed by atoms with Crippen LogP contribution in [-0.2, 0) is 19.4 Å². The molecule has 3 rings (SSSR count). The molecule has 2 aromatic rings. The fourth-order valence-corrected chi connectivity index (χ4v) is 3.87. The van der Waals surface area contributed by atoms with Gasteiger partial charge in [0.05, 0.1) is 23.2 Å². The number of hydrogen-bond donors (Lipinski definition) is 3. The van der Waals surface area contributed by atoms with Crippen molar-refractivity contribution in [3.8, 4) is 0 Å². The van der Waals surface area contributed by atoms with Gasteiger partial charge < -0.3 is 20.1 Å². The Hall–Kier alpha value is -0.780. The molecule has 0 aliphatic heterocycles. The van der Waals surface area contributed by atoms with Crippen molar-refractivity contribution in [3.05, 3.63) is 34.5 Å². The molecule has 0 bridgehead atoms. The van der Waals surface area contributed by atoms with Crippen molar-refractivity contribution in [3.63, 3.8) is 0 Å². The smallest absolute Gasteiger partial charge is 0.0843 e. The summed E-state index contributed by atoms with van der Waals surface area (Å²) in [6.45, 7) is 1.98. The zero-order chi connectivity index (χ0) is 16.2. The molecular weight excluding hydrogens is 347 g/mol. The Morgan fingerprint density at radius 2 is 2.04 bits per heavy atom. The zero-order valence-corrected chi connectivity index (χ0v) is 15.4. The van der Waals surface area contributed by atoms with E-state index in [1.54, 1.807) is 0 Å². The van der Waals surface area contributed by atoms with Gasteiger partial charge in [-0.15, -0.1) is 12.4 Å². The SMILES string of the molecule is Cl.OCCCNCC(O)Cn1c2c(c3cccc(Cl)c31)CCCC2. The van der Waals surface area contributed by atoms with Crippen LogP contribution in [0.4, 0.5) is 0 Å². The van der Waals surface area contributed by atoms with Gasteiger partial charge in [0, 0.05) is 24.2 Å². The summed E-state index contributed by atoms with van der Waals surface area (Å²) >= 11 is 6.47. The van der Waals surface area contributed by atoms with Crippen LogP contribution in [0, 0.1) is 0 Å². The lowest BCUT2D eigenvalue weighted by molar-refractivity contribution is 0.151. The van der Waals surface area contributed by atoms with Gasteiger partial charge in [-0.25, -0.2) is 0 Å². The Balaban J connectivity index is 0.00000208. The van der Waals surface area contributed by atoms with Crippen LogP contribution in [0.5, 0.6) is 0 Å². The van der Waals surface area contributed by atoms with Crippen LogP contribution >= 0.6 is 24.0 Å². The average molecular weight is 373 g/mol. The molecule has 134 valence electrons. The fourth-order valence-electron chi connectivity index (χ4n) is 3.60. The Morgan fingerprint density at radius 3 is 2.83 bits per heavy atom. The molecule has 0 saturated heterocycles. The van der Waals surface area contributed by atoms with Gasteiger partial charge in [0.15, 0.2) is 0 Å². The summed E-state index contributed by atoms with van der Waals surface area (Å²) in [4.78, 5) is 0. The molecule has 0 radical (unpaired) electrons. The maximum absolute atomic E-state index is 10.4. The molecule has 1 unspecified atom stereocenters. The van der Waals surface area contributed by atoms with Crippen LogP contribution in [0.3, 0.4) is 0 Å². The van der Waals surface area contributed by atoms with Gasteiger partial charge in [0.1, 0.15) is 0 Å². The molecule has 3 N–H and O–H groups in total. The first-order valence-corrected chi connectivity index (χ1v) is 8.88. The highest BCUT2D eigenvalue weighted by Gasteiger charge is 2.22. The molecule has 6 heteroatoms. The van der Waals surface area contributed by atoms with E-state index in [4.69, 9.17) is 16.7 Å². The maximum atomic E-state index is 10.4. The van der Waals surface area contributed by atoms with Gasteiger partial charge >= 0.3 is 0 Å². The summed E-state index contributed by atoms with van der Waals surface area (Å²) in [6, 6.07) is 6.09. The second kappa shape index (κ2) is 9.07. The number of nitrogens with one attached hydrogen (secondary N) is 1. The summed E-state index contributed by atoms with van der Waals surface area (Å²) < 4.78 is 2.23. The summed E-state index contributed by atoms with van der Waals surface area (Å²) in [5, 5.41) is 24.4. The van der Waals surface area contributed by atoms with Crippen molar-refractivity contribution in [1.29, 1.82) is 0 Å². The van der Waals surface area contributed by atoms with Gasteiger partial charge in [0.25, 0.3) is 0 Å². The number of aliphatic hydroxyl groups excluding tert-OH is 2. The van der Waals surface area contributed by atoms with Crippen LogP contribution in [0.2, 0.25) is 5.02 Å². The number of para-hydroxylation sites is 1. The van der Waals surface area contributed by atoms with E-state index in [1.807, 2.05) is 12.1 Å². The molecule has 1 aromatic carbocycles. The number of fused-ring (bicyclic) bond motifs is 3. The van der Waals surface area contributed by atoms with Crippen molar-refractivity contribution in [2.24, 2.45) is 0 Å². The van der Waals surface area contributed by atoms with E-state index in [1.165, 1.54) is 29.5 Å². The van der Waals surface area contributed by atoms with Crippen LogP contribution in [-0.4, -0.2) is 40.6 Å². The minimum Gasteiger partial charge on any atom is -0.396 e. The third-order valence-corrected chi connectivity index (χ3v) is 4.94. The molecule has 1 heterocycles. The normalized spacial score (nSPS) is 15.1. The third kappa shape index (κ3) is 4.06. The molecule has 0 fully saturated rings. The zero-order valence-electron chi connectivity index (χ0n) is 13.8. The van der Waals surface area contributed by atoms with Crippen molar-refractivity contribution in [2.45, 2.75) is 44.8 Å². The van der Waals surface area contributed by atoms with Crippen LogP contribution in [0.15, 0.2) is 18.2 Å². The van der Waals surface area contributed by atoms with E-state index in [9.17, 15) is 5.11 Å². The monoisotopic (exact) mass is 372 g/mol. The van der Waals surface area contributed by atoms with E-state index in [2.05, 4.69) is 16.0 Å². The molecule has 0 amide bonds. The van der Waals surface area contributed by atoms with Gasteiger partial charge in [-0.3, -0.25) is 0 Å². The molecule has 4 nitrogen and oxygen atoms in total. The second-order valence-electron chi connectivity index (χ2n) is 6.31. The highest BCUT2D eigenvalue weighted by atomic mass is 35.5. The molecule has 1 aliphatic rings. The topological polar surface area (TPSA) is 57.4 Å². The number of rotatable bonds is 7. The maximum Gasteiger partial charge on any atom is 0.0843 e. The molecule has 24 heavy (non-hydrogen) atoms. The van der Waals surface area contributed by atoms with Crippen molar-refractivity contribution >= 4 is 34.9 Å². The number of nitrogens with zero attached hydrogens (tertiary/aromatic N) is 1. The molecule has 0 spiro atoms. The minimum absolute atomic E-state index is 0. The number of halogens is 2. The lowest BCUT2D eigenvalue weighted by Gasteiger charge is -2.19. The minimum atomic E-state index is -0.466. The lowest BCUT2D eigenvalue weighted by atomic mass is 9.95. The third-order valence-electron chi connectivity index (χ3n) is 4.63. The largest absolute Gasteiger partial charge is 0.396 e. The fraction of sp³-hybridized carbons (Fsp3) is 0.556. The molecular formula is C18H26Cl2N2O2. The second-order valence-corrected chi connectivity index (χ2v) is 6.72. The summed E-state index contributed by atoms with van der Waals surface area (Å²) in [5.74, 6) is 0. The van der Waals surface area contributed by atoms with Gasteiger partial charge in [0.2, 0.25) is 0 Å². The standard InChI is InChI=1S/C18H25ClN2O2.ClH/c19-16-7-3-6-15-14-5-1-2-8-17(14)21(18(15)16)12-13(23)11-20-9-4-10-22;/h3,6-7,13,20,22-23H,1-2,4-5,8-12H2;1H. The summed E-state index contributed by atoms with van der Waals surface area (Å²) in [7, 11) is 0.